The Kier molecular flexibility index (Phi) is 4.33. The molecule has 0 saturated carbocycles. The molecule has 0 aliphatic carbocycles. The summed E-state index contributed by atoms with van der Waals surface area (Å²) in [6.45, 7) is 10.6. The summed E-state index contributed by atoms with van der Waals surface area (Å²) in [7, 11) is 0. The predicted molar refractivity (Wildman–Crippen MR) is 70.2 cm³/mol. The van der Waals surface area contributed by atoms with Gasteiger partial charge in [-0.05, 0) is 30.4 Å². The van der Waals surface area contributed by atoms with Crippen molar-refractivity contribution in [1.29, 1.82) is 0 Å². The summed E-state index contributed by atoms with van der Waals surface area (Å²) in [5.41, 5.74) is 2.32. The van der Waals surface area contributed by atoms with E-state index in [4.69, 9.17) is 4.74 Å². The van der Waals surface area contributed by atoms with Crippen LogP contribution in [0.25, 0.3) is 0 Å². The van der Waals surface area contributed by atoms with Crippen LogP contribution in [-0.4, -0.2) is 12.6 Å². The van der Waals surface area contributed by atoms with E-state index in [1.165, 1.54) is 5.56 Å². The van der Waals surface area contributed by atoms with Crippen LogP contribution in [0.4, 0.5) is 0 Å². The Labute approximate surface area is 104 Å². The van der Waals surface area contributed by atoms with Gasteiger partial charge < -0.3 is 4.74 Å². The first-order valence-electron chi connectivity index (χ1n) is 6.14. The molecule has 2 nitrogen and oxygen atoms in total. The lowest BCUT2D eigenvalue weighted by molar-refractivity contribution is -0.144. The Balaban J connectivity index is 3.09. The minimum absolute atomic E-state index is 0.0390. The van der Waals surface area contributed by atoms with Crippen molar-refractivity contribution in [2.45, 2.75) is 46.0 Å². The van der Waals surface area contributed by atoms with Crippen molar-refractivity contribution >= 4 is 5.97 Å². The quantitative estimate of drug-likeness (QED) is 0.746. The van der Waals surface area contributed by atoms with Gasteiger partial charge in [0.15, 0.2) is 0 Å². The molecule has 0 saturated heterocycles. The minimum Gasteiger partial charge on any atom is -0.466 e. The fourth-order valence-electron chi connectivity index (χ4n) is 1.95. The fraction of sp³-hybridized carbons (Fsp3) is 0.533. The number of hydrogen-bond acceptors (Lipinski definition) is 2. The number of rotatable bonds is 3. The molecule has 94 valence electrons. The van der Waals surface area contributed by atoms with Crippen LogP contribution in [-0.2, 0) is 14.9 Å². The molecule has 17 heavy (non-hydrogen) atoms. The number of benzene rings is 1. The summed E-state index contributed by atoms with van der Waals surface area (Å²) >= 11 is 0. The van der Waals surface area contributed by atoms with Crippen molar-refractivity contribution in [3.63, 3.8) is 0 Å². The Bertz CT molecular complexity index is 388. The van der Waals surface area contributed by atoms with Crippen LogP contribution in [0.3, 0.4) is 0 Å². The average molecular weight is 234 g/mol. The van der Waals surface area contributed by atoms with Crippen molar-refractivity contribution in [2.24, 2.45) is 0 Å². The van der Waals surface area contributed by atoms with Crippen LogP contribution in [0, 0.1) is 0 Å². The summed E-state index contributed by atoms with van der Waals surface area (Å²) in [6, 6.07) is 8.09. The van der Waals surface area contributed by atoms with E-state index in [-0.39, 0.29) is 17.3 Å². The smallest absolute Gasteiger partial charge is 0.313 e. The van der Waals surface area contributed by atoms with E-state index in [1.807, 2.05) is 32.0 Å². The summed E-state index contributed by atoms with van der Waals surface area (Å²) in [4.78, 5) is 11.8. The van der Waals surface area contributed by atoms with E-state index < -0.39 is 0 Å². The van der Waals surface area contributed by atoms with Crippen LogP contribution in [0.1, 0.15) is 51.7 Å². The van der Waals surface area contributed by atoms with Gasteiger partial charge in [0.1, 0.15) is 0 Å². The molecule has 1 aromatic carbocycles. The largest absolute Gasteiger partial charge is 0.466 e. The van der Waals surface area contributed by atoms with Crippen molar-refractivity contribution in [2.75, 3.05) is 6.61 Å². The fourth-order valence-corrected chi connectivity index (χ4v) is 1.95. The molecular formula is C15H22O2. The Morgan fingerprint density at radius 3 is 2.41 bits per heavy atom. The lowest BCUT2D eigenvalue weighted by Gasteiger charge is -2.25. The number of esters is 1. The van der Waals surface area contributed by atoms with Gasteiger partial charge in [0.2, 0.25) is 0 Å². The first-order chi connectivity index (χ1) is 7.88. The molecule has 2 heteroatoms. The maximum absolute atomic E-state index is 11.8. The number of ether oxygens (including phenoxy) is 1. The van der Waals surface area contributed by atoms with Gasteiger partial charge in [-0.2, -0.15) is 0 Å². The summed E-state index contributed by atoms with van der Waals surface area (Å²) in [5.74, 6) is -0.352. The molecule has 0 amide bonds. The number of hydrogen-bond donors (Lipinski definition) is 0. The van der Waals surface area contributed by atoms with Crippen molar-refractivity contribution in [1.82, 2.24) is 0 Å². The second-order valence-electron chi connectivity index (χ2n) is 5.31. The molecule has 0 aliphatic rings. The molecule has 0 aliphatic heterocycles. The third-order valence-electron chi connectivity index (χ3n) is 2.88. The third kappa shape index (κ3) is 3.32. The van der Waals surface area contributed by atoms with Gasteiger partial charge >= 0.3 is 5.97 Å². The van der Waals surface area contributed by atoms with E-state index in [0.29, 0.717) is 6.61 Å². The Morgan fingerprint density at radius 2 is 1.88 bits per heavy atom. The molecule has 0 N–H and O–H groups in total. The molecule has 0 spiro atoms. The number of carbonyl (C=O) groups is 1. The van der Waals surface area contributed by atoms with Gasteiger partial charge in [-0.25, -0.2) is 0 Å². The molecule has 1 rings (SSSR count). The van der Waals surface area contributed by atoms with Crippen LogP contribution in [0.15, 0.2) is 24.3 Å². The zero-order valence-corrected chi connectivity index (χ0v) is 11.4. The van der Waals surface area contributed by atoms with E-state index in [2.05, 4.69) is 26.8 Å². The lowest BCUT2D eigenvalue weighted by atomic mass is 9.80. The van der Waals surface area contributed by atoms with Crippen LogP contribution in [0.5, 0.6) is 0 Å². The molecular weight excluding hydrogens is 212 g/mol. The summed E-state index contributed by atoms with van der Waals surface area (Å²) in [5, 5.41) is 0. The Morgan fingerprint density at radius 1 is 1.29 bits per heavy atom. The van der Waals surface area contributed by atoms with Crippen molar-refractivity contribution < 1.29 is 9.53 Å². The minimum atomic E-state index is -0.203. The van der Waals surface area contributed by atoms with Crippen molar-refractivity contribution in [3.8, 4) is 0 Å². The van der Waals surface area contributed by atoms with E-state index in [1.54, 1.807) is 0 Å². The van der Waals surface area contributed by atoms with Gasteiger partial charge in [-0.3, -0.25) is 4.79 Å². The van der Waals surface area contributed by atoms with Crippen LogP contribution < -0.4 is 0 Å². The molecule has 0 heterocycles. The van der Waals surface area contributed by atoms with Gasteiger partial charge in [0.05, 0.1) is 12.5 Å². The van der Waals surface area contributed by atoms with Gasteiger partial charge in [-0.1, -0.05) is 45.0 Å². The molecule has 1 atom stereocenters. The highest BCUT2D eigenvalue weighted by Gasteiger charge is 2.24. The monoisotopic (exact) mass is 234 g/mol. The Hall–Kier alpha value is -1.31. The first kappa shape index (κ1) is 13.8. The standard InChI is InChI=1S/C15H22O2/c1-6-17-14(16)11(2)12-9-7-8-10-13(12)15(3,4)5/h7-11H,6H2,1-5H3. The van der Waals surface area contributed by atoms with Gasteiger partial charge in [-0.15, -0.1) is 0 Å². The second kappa shape index (κ2) is 5.35. The average Bonchev–Trinajstić information content (AvgIpc) is 2.27. The molecule has 0 bridgehead atoms. The molecule has 0 aromatic heterocycles. The molecule has 1 unspecified atom stereocenters. The maximum atomic E-state index is 11.8. The van der Waals surface area contributed by atoms with E-state index in [0.717, 1.165) is 5.56 Å². The number of carbonyl (C=O) groups excluding carboxylic acids is 1. The summed E-state index contributed by atoms with van der Waals surface area (Å²) < 4.78 is 5.09. The SMILES string of the molecule is CCOC(=O)C(C)c1ccccc1C(C)(C)C. The normalized spacial score (nSPS) is 13.2. The van der Waals surface area contributed by atoms with E-state index in [9.17, 15) is 4.79 Å². The topological polar surface area (TPSA) is 26.3 Å². The molecule has 0 radical (unpaired) electrons. The summed E-state index contributed by atoms with van der Waals surface area (Å²) in [6.07, 6.45) is 0. The third-order valence-corrected chi connectivity index (χ3v) is 2.88. The highest BCUT2D eigenvalue weighted by atomic mass is 16.5. The van der Waals surface area contributed by atoms with Crippen LogP contribution >= 0.6 is 0 Å². The van der Waals surface area contributed by atoms with Crippen molar-refractivity contribution in [3.05, 3.63) is 35.4 Å². The zero-order valence-electron chi connectivity index (χ0n) is 11.4. The van der Waals surface area contributed by atoms with Gasteiger partial charge in [0, 0.05) is 0 Å². The second-order valence-corrected chi connectivity index (χ2v) is 5.31. The lowest BCUT2D eigenvalue weighted by Crippen LogP contribution is -2.20. The molecule has 0 fully saturated rings. The van der Waals surface area contributed by atoms with Gasteiger partial charge in [0.25, 0.3) is 0 Å². The highest BCUT2D eigenvalue weighted by Crippen LogP contribution is 2.30. The predicted octanol–water partition coefficient (Wildman–Crippen LogP) is 3.65. The maximum Gasteiger partial charge on any atom is 0.313 e. The zero-order chi connectivity index (χ0) is 13.1. The first-order valence-corrected chi connectivity index (χ1v) is 6.14. The van der Waals surface area contributed by atoms with Crippen LogP contribution in [0.2, 0.25) is 0 Å². The van der Waals surface area contributed by atoms with E-state index >= 15 is 0 Å². The molecule has 1 aromatic rings. The highest BCUT2D eigenvalue weighted by molar-refractivity contribution is 5.78.